The van der Waals surface area contributed by atoms with Crippen LogP contribution in [0.3, 0.4) is 0 Å². The maximum Gasteiger partial charge on any atom is 0.326 e. The van der Waals surface area contributed by atoms with E-state index in [1.54, 1.807) is 0 Å². The summed E-state index contributed by atoms with van der Waals surface area (Å²) in [5.41, 5.74) is 4.94. The van der Waals surface area contributed by atoms with Crippen LogP contribution >= 0.6 is 0 Å². The lowest BCUT2D eigenvalue weighted by molar-refractivity contribution is -0.142. The largest absolute Gasteiger partial charge is 0.480 e. The third-order valence-electron chi connectivity index (χ3n) is 2.67. The molecule has 2 atom stereocenters. The van der Waals surface area contributed by atoms with E-state index < -0.39 is 17.9 Å². The number of carbonyl (C=O) groups is 3. The van der Waals surface area contributed by atoms with Crippen LogP contribution in [0, 0.1) is 0 Å². The number of carboxylic acid groups (broad SMARTS) is 1. The van der Waals surface area contributed by atoms with Crippen molar-refractivity contribution >= 4 is 17.8 Å². The summed E-state index contributed by atoms with van der Waals surface area (Å²) in [5, 5.41) is 14.3. The average Bonchev–Trinajstić information content (AvgIpc) is 2.76. The molecule has 7 nitrogen and oxygen atoms in total. The highest BCUT2D eigenvalue weighted by molar-refractivity contribution is 5.87. The molecule has 96 valence electrons. The zero-order valence-corrected chi connectivity index (χ0v) is 9.44. The number of carboxylic acids is 1. The van der Waals surface area contributed by atoms with Crippen LogP contribution in [0.1, 0.15) is 25.7 Å². The van der Waals surface area contributed by atoms with Crippen LogP contribution in [-0.4, -0.2) is 41.5 Å². The summed E-state index contributed by atoms with van der Waals surface area (Å²) in [4.78, 5) is 33.1. The first-order valence-electron chi connectivity index (χ1n) is 5.55. The van der Waals surface area contributed by atoms with Crippen LogP contribution < -0.4 is 16.4 Å². The van der Waals surface area contributed by atoms with Crippen LogP contribution in [0.2, 0.25) is 0 Å². The highest BCUT2D eigenvalue weighted by Gasteiger charge is 2.27. The third-order valence-corrected chi connectivity index (χ3v) is 2.67. The summed E-state index contributed by atoms with van der Waals surface area (Å²) in [6.45, 7) is 0.761. The minimum atomic E-state index is -1.16. The number of carbonyl (C=O) groups excluding carboxylic acids is 2. The van der Waals surface area contributed by atoms with Gasteiger partial charge in [0.25, 0.3) is 0 Å². The van der Waals surface area contributed by atoms with Crippen molar-refractivity contribution in [2.45, 2.75) is 37.8 Å². The predicted molar refractivity (Wildman–Crippen MR) is 59.0 cm³/mol. The smallest absolute Gasteiger partial charge is 0.326 e. The maximum atomic E-state index is 11.7. The monoisotopic (exact) mass is 243 g/mol. The van der Waals surface area contributed by atoms with Gasteiger partial charge in [0, 0.05) is 6.42 Å². The van der Waals surface area contributed by atoms with E-state index in [0.29, 0.717) is 6.42 Å². The zero-order chi connectivity index (χ0) is 12.8. The van der Waals surface area contributed by atoms with Gasteiger partial charge in [0.05, 0.1) is 6.04 Å². The molecule has 1 rings (SSSR count). The second-order valence-corrected chi connectivity index (χ2v) is 4.05. The van der Waals surface area contributed by atoms with Gasteiger partial charge in [-0.15, -0.1) is 0 Å². The van der Waals surface area contributed by atoms with Gasteiger partial charge < -0.3 is 21.5 Å². The summed E-state index contributed by atoms with van der Waals surface area (Å²) < 4.78 is 0. The van der Waals surface area contributed by atoms with Gasteiger partial charge in [0.1, 0.15) is 6.04 Å². The summed E-state index contributed by atoms with van der Waals surface area (Å²) in [5.74, 6) is -2.07. The molecule has 2 amide bonds. The summed E-state index contributed by atoms with van der Waals surface area (Å²) in [6, 6.07) is -1.39. The minimum absolute atomic E-state index is 0.0170. The number of hydrogen-bond donors (Lipinski definition) is 4. The average molecular weight is 243 g/mol. The Labute approximate surface area is 98.7 Å². The molecule has 17 heavy (non-hydrogen) atoms. The molecule has 0 aromatic rings. The standard InChI is InChI=1S/C10H17N3O4/c11-8(14)4-3-7(10(16)17)13-9(15)6-2-1-5-12-6/h6-7,12H,1-5H2,(H2,11,14)(H,13,15)(H,16,17)/t6-,7+/m0/s1. The van der Waals surface area contributed by atoms with Crippen molar-refractivity contribution in [1.29, 1.82) is 0 Å². The van der Waals surface area contributed by atoms with Crippen LogP contribution in [0.15, 0.2) is 0 Å². The fraction of sp³-hybridized carbons (Fsp3) is 0.700. The van der Waals surface area contributed by atoms with Crippen molar-refractivity contribution in [3.63, 3.8) is 0 Å². The van der Waals surface area contributed by atoms with Gasteiger partial charge in [-0.1, -0.05) is 0 Å². The Balaban J connectivity index is 2.44. The van der Waals surface area contributed by atoms with Crippen molar-refractivity contribution in [2.75, 3.05) is 6.54 Å². The van der Waals surface area contributed by atoms with E-state index in [2.05, 4.69) is 10.6 Å². The fourth-order valence-electron chi connectivity index (χ4n) is 1.72. The lowest BCUT2D eigenvalue weighted by atomic mass is 10.1. The van der Waals surface area contributed by atoms with Crippen molar-refractivity contribution in [2.24, 2.45) is 5.73 Å². The quantitative estimate of drug-likeness (QED) is 0.456. The lowest BCUT2D eigenvalue weighted by Crippen LogP contribution is -2.48. The molecule has 1 aliphatic heterocycles. The van der Waals surface area contributed by atoms with Crippen LogP contribution in [0.4, 0.5) is 0 Å². The normalized spacial score (nSPS) is 20.8. The van der Waals surface area contributed by atoms with Gasteiger partial charge in [-0.05, 0) is 25.8 Å². The molecule has 0 aliphatic carbocycles. The Hall–Kier alpha value is -1.63. The summed E-state index contributed by atoms with van der Waals surface area (Å²) >= 11 is 0. The van der Waals surface area contributed by atoms with E-state index in [1.807, 2.05) is 0 Å². The lowest BCUT2D eigenvalue weighted by Gasteiger charge is -2.16. The zero-order valence-electron chi connectivity index (χ0n) is 9.44. The Morgan fingerprint density at radius 2 is 2.18 bits per heavy atom. The van der Waals surface area contributed by atoms with E-state index in [1.165, 1.54) is 0 Å². The minimum Gasteiger partial charge on any atom is -0.480 e. The number of hydrogen-bond acceptors (Lipinski definition) is 4. The van der Waals surface area contributed by atoms with Gasteiger partial charge in [-0.25, -0.2) is 4.79 Å². The number of rotatable bonds is 6. The van der Waals surface area contributed by atoms with Crippen molar-refractivity contribution in [3.05, 3.63) is 0 Å². The first-order chi connectivity index (χ1) is 8.00. The van der Waals surface area contributed by atoms with Gasteiger partial charge in [-0.3, -0.25) is 9.59 Å². The van der Waals surface area contributed by atoms with Crippen molar-refractivity contribution in [3.8, 4) is 0 Å². The molecule has 1 aliphatic rings. The van der Waals surface area contributed by atoms with Crippen molar-refractivity contribution < 1.29 is 19.5 Å². The molecule has 0 bridgehead atoms. The Morgan fingerprint density at radius 3 is 2.65 bits per heavy atom. The van der Waals surface area contributed by atoms with E-state index in [4.69, 9.17) is 10.8 Å². The summed E-state index contributed by atoms with van der Waals surface area (Å²) in [7, 11) is 0. The Morgan fingerprint density at radius 1 is 1.47 bits per heavy atom. The fourth-order valence-corrected chi connectivity index (χ4v) is 1.72. The molecule has 0 spiro atoms. The van der Waals surface area contributed by atoms with Crippen LogP contribution in [-0.2, 0) is 14.4 Å². The van der Waals surface area contributed by atoms with Gasteiger partial charge >= 0.3 is 5.97 Å². The molecular weight excluding hydrogens is 226 g/mol. The molecule has 0 saturated carbocycles. The second-order valence-electron chi connectivity index (χ2n) is 4.05. The Kier molecular flexibility index (Phi) is 4.89. The third kappa shape index (κ3) is 4.39. The molecule has 0 aromatic carbocycles. The molecule has 0 unspecified atom stereocenters. The molecular formula is C10H17N3O4. The first kappa shape index (κ1) is 13.4. The highest BCUT2D eigenvalue weighted by Crippen LogP contribution is 2.06. The molecule has 5 N–H and O–H groups in total. The van der Waals surface area contributed by atoms with Crippen LogP contribution in [0.25, 0.3) is 0 Å². The SMILES string of the molecule is NC(=O)CC[C@@H](NC(=O)[C@@H]1CCCN1)C(=O)O. The molecule has 7 heteroatoms. The molecule has 1 saturated heterocycles. The molecule has 0 aromatic heterocycles. The van der Waals surface area contributed by atoms with E-state index in [9.17, 15) is 14.4 Å². The first-order valence-corrected chi connectivity index (χ1v) is 5.55. The molecule has 1 heterocycles. The summed E-state index contributed by atoms with van der Waals surface area (Å²) in [6.07, 6.45) is 1.56. The van der Waals surface area contributed by atoms with E-state index in [-0.39, 0.29) is 24.8 Å². The molecule has 1 fully saturated rings. The van der Waals surface area contributed by atoms with Gasteiger partial charge in [0.2, 0.25) is 11.8 Å². The second kappa shape index (κ2) is 6.19. The maximum absolute atomic E-state index is 11.7. The number of amides is 2. The van der Waals surface area contributed by atoms with Crippen LogP contribution in [0.5, 0.6) is 0 Å². The Bertz CT molecular complexity index is 313. The number of aliphatic carboxylic acids is 1. The van der Waals surface area contributed by atoms with Crippen molar-refractivity contribution in [1.82, 2.24) is 10.6 Å². The highest BCUT2D eigenvalue weighted by atomic mass is 16.4. The van der Waals surface area contributed by atoms with Gasteiger partial charge in [-0.2, -0.15) is 0 Å². The predicted octanol–water partition coefficient (Wildman–Crippen LogP) is -1.43. The number of primary amides is 1. The number of nitrogens with two attached hydrogens (primary N) is 1. The number of nitrogens with one attached hydrogen (secondary N) is 2. The van der Waals surface area contributed by atoms with E-state index in [0.717, 1.165) is 13.0 Å². The van der Waals surface area contributed by atoms with Gasteiger partial charge in [0.15, 0.2) is 0 Å². The molecule has 0 radical (unpaired) electrons. The topological polar surface area (TPSA) is 122 Å². The van der Waals surface area contributed by atoms with E-state index >= 15 is 0 Å².